The van der Waals surface area contributed by atoms with Crippen molar-refractivity contribution >= 4 is 35.9 Å². The fourth-order valence-electron chi connectivity index (χ4n) is 2.99. The molecule has 2 heterocycles. The topological polar surface area (TPSA) is 41.3 Å². The van der Waals surface area contributed by atoms with E-state index in [1.807, 2.05) is 7.05 Å². The molecular weight excluding hydrogens is 340 g/mol. The molecule has 0 saturated carbocycles. The van der Waals surface area contributed by atoms with Crippen LogP contribution in [0.25, 0.3) is 11.1 Å². The minimum Gasteiger partial charge on any atom is -0.439 e. The third-order valence-corrected chi connectivity index (χ3v) is 4.26. The maximum Gasteiger partial charge on any atom is 0.209 e. The Kier molecular flexibility index (Phi) is 8.26. The molecule has 4 nitrogen and oxygen atoms in total. The molecule has 1 aliphatic rings. The molecular formula is C16H24Cl2FN3O. The van der Waals surface area contributed by atoms with Gasteiger partial charge in [-0.2, -0.15) is 0 Å². The third kappa shape index (κ3) is 5.31. The summed E-state index contributed by atoms with van der Waals surface area (Å²) in [7, 11) is 2.01. The fourth-order valence-corrected chi connectivity index (χ4v) is 2.99. The summed E-state index contributed by atoms with van der Waals surface area (Å²) in [4.78, 5) is 6.75. The average Bonchev–Trinajstić information content (AvgIpc) is 2.88. The first-order valence-electron chi connectivity index (χ1n) is 7.66. The first-order chi connectivity index (χ1) is 10.2. The van der Waals surface area contributed by atoms with Gasteiger partial charge in [0, 0.05) is 6.07 Å². The van der Waals surface area contributed by atoms with Crippen molar-refractivity contribution in [3.63, 3.8) is 0 Å². The monoisotopic (exact) mass is 363 g/mol. The van der Waals surface area contributed by atoms with E-state index in [0.717, 1.165) is 32.1 Å². The second-order valence-electron chi connectivity index (χ2n) is 5.83. The quantitative estimate of drug-likeness (QED) is 0.880. The maximum absolute atomic E-state index is 13.2. The lowest BCUT2D eigenvalue weighted by molar-refractivity contribution is 0.161. The Labute approximate surface area is 148 Å². The van der Waals surface area contributed by atoms with Gasteiger partial charge in [-0.3, -0.25) is 4.90 Å². The first-order valence-corrected chi connectivity index (χ1v) is 7.66. The molecule has 0 amide bonds. The molecule has 0 bridgehead atoms. The molecule has 23 heavy (non-hydrogen) atoms. The number of oxazole rings is 1. The second-order valence-corrected chi connectivity index (χ2v) is 5.83. The van der Waals surface area contributed by atoms with E-state index in [9.17, 15) is 4.39 Å². The van der Waals surface area contributed by atoms with E-state index in [1.54, 1.807) is 6.07 Å². The summed E-state index contributed by atoms with van der Waals surface area (Å²) in [5.41, 5.74) is 1.27. The van der Waals surface area contributed by atoms with Crippen molar-refractivity contribution in [1.82, 2.24) is 15.2 Å². The van der Waals surface area contributed by atoms with E-state index in [0.29, 0.717) is 17.0 Å². The highest BCUT2D eigenvalue weighted by atomic mass is 35.5. The van der Waals surface area contributed by atoms with Crippen LogP contribution in [-0.2, 0) is 6.54 Å². The summed E-state index contributed by atoms with van der Waals surface area (Å²) in [6.07, 6.45) is 3.72. The van der Waals surface area contributed by atoms with Gasteiger partial charge in [-0.05, 0) is 64.0 Å². The van der Waals surface area contributed by atoms with Crippen LogP contribution in [0.3, 0.4) is 0 Å². The smallest absolute Gasteiger partial charge is 0.209 e. The highest BCUT2D eigenvalue weighted by Crippen LogP contribution is 2.23. The molecule has 130 valence electrons. The van der Waals surface area contributed by atoms with Gasteiger partial charge in [0.25, 0.3) is 0 Å². The zero-order valence-electron chi connectivity index (χ0n) is 13.3. The summed E-state index contributed by atoms with van der Waals surface area (Å²) >= 11 is 0. The van der Waals surface area contributed by atoms with Gasteiger partial charge in [-0.15, -0.1) is 24.8 Å². The number of rotatable bonds is 5. The molecule has 0 radical (unpaired) electrons. The lowest BCUT2D eigenvalue weighted by Crippen LogP contribution is -2.34. The zero-order chi connectivity index (χ0) is 14.7. The summed E-state index contributed by atoms with van der Waals surface area (Å²) < 4.78 is 18.8. The fraction of sp³-hybridized carbons (Fsp3) is 0.562. The Morgan fingerprint density at radius 2 is 2.04 bits per heavy atom. The lowest BCUT2D eigenvalue weighted by Gasteiger charge is -2.31. The summed E-state index contributed by atoms with van der Waals surface area (Å²) in [5, 5.41) is 3.22. The number of hydrogen-bond donors (Lipinski definition) is 1. The predicted octanol–water partition coefficient (Wildman–Crippen LogP) is 3.63. The minimum absolute atomic E-state index is 0. The Hall–Kier alpha value is -0.880. The van der Waals surface area contributed by atoms with E-state index in [2.05, 4.69) is 15.2 Å². The van der Waals surface area contributed by atoms with Crippen molar-refractivity contribution in [3.8, 4) is 0 Å². The van der Waals surface area contributed by atoms with Crippen LogP contribution in [0.1, 0.15) is 25.2 Å². The number of benzene rings is 1. The number of halogens is 3. The molecule has 1 aromatic carbocycles. The second kappa shape index (κ2) is 9.42. The predicted molar refractivity (Wildman–Crippen MR) is 95.0 cm³/mol. The van der Waals surface area contributed by atoms with Gasteiger partial charge < -0.3 is 9.73 Å². The molecule has 1 aromatic heterocycles. The van der Waals surface area contributed by atoms with Crippen LogP contribution >= 0.6 is 24.8 Å². The van der Waals surface area contributed by atoms with Crippen LogP contribution in [0.15, 0.2) is 22.6 Å². The van der Waals surface area contributed by atoms with Gasteiger partial charge in [0.2, 0.25) is 5.89 Å². The highest BCUT2D eigenvalue weighted by molar-refractivity contribution is 5.85. The number of nitrogens with zero attached hydrogens (tertiary/aromatic N) is 2. The zero-order valence-corrected chi connectivity index (χ0v) is 14.9. The Morgan fingerprint density at radius 3 is 2.74 bits per heavy atom. The molecule has 1 fully saturated rings. The SMILES string of the molecule is CNCCC1CCN(Cc2nc3cc(F)ccc3o2)CC1.Cl.Cl. The molecule has 3 rings (SSSR count). The van der Waals surface area contributed by atoms with Crippen molar-refractivity contribution < 1.29 is 8.81 Å². The largest absolute Gasteiger partial charge is 0.439 e. The van der Waals surface area contributed by atoms with Gasteiger partial charge in [0.05, 0.1) is 6.54 Å². The van der Waals surface area contributed by atoms with E-state index in [4.69, 9.17) is 4.42 Å². The van der Waals surface area contributed by atoms with Crippen molar-refractivity contribution in [2.24, 2.45) is 5.92 Å². The van der Waals surface area contributed by atoms with Crippen LogP contribution in [0.4, 0.5) is 4.39 Å². The molecule has 0 spiro atoms. The molecule has 1 saturated heterocycles. The number of likely N-dealkylation sites (tertiary alicyclic amines) is 1. The van der Waals surface area contributed by atoms with Crippen molar-refractivity contribution in [2.45, 2.75) is 25.8 Å². The molecule has 0 unspecified atom stereocenters. The Balaban J connectivity index is 0.00000132. The van der Waals surface area contributed by atoms with Crippen LogP contribution < -0.4 is 5.32 Å². The number of hydrogen-bond acceptors (Lipinski definition) is 4. The highest BCUT2D eigenvalue weighted by Gasteiger charge is 2.20. The minimum atomic E-state index is -0.271. The molecule has 2 aromatic rings. The summed E-state index contributed by atoms with van der Waals surface area (Å²) in [6, 6.07) is 4.47. The third-order valence-electron chi connectivity index (χ3n) is 4.26. The van der Waals surface area contributed by atoms with Crippen molar-refractivity contribution in [1.29, 1.82) is 0 Å². The van der Waals surface area contributed by atoms with Crippen LogP contribution in [0.2, 0.25) is 0 Å². The molecule has 7 heteroatoms. The van der Waals surface area contributed by atoms with Crippen LogP contribution in [-0.4, -0.2) is 36.6 Å². The number of aromatic nitrogens is 1. The number of fused-ring (bicyclic) bond motifs is 1. The Bertz CT molecular complexity index is 600. The number of nitrogens with one attached hydrogen (secondary N) is 1. The van der Waals surface area contributed by atoms with Gasteiger partial charge >= 0.3 is 0 Å². The molecule has 1 aliphatic heterocycles. The lowest BCUT2D eigenvalue weighted by atomic mass is 9.93. The van der Waals surface area contributed by atoms with Crippen molar-refractivity contribution in [3.05, 3.63) is 29.9 Å². The maximum atomic E-state index is 13.2. The number of piperidine rings is 1. The van der Waals surface area contributed by atoms with E-state index < -0.39 is 0 Å². The summed E-state index contributed by atoms with van der Waals surface area (Å²) in [6.45, 7) is 3.99. The molecule has 1 N–H and O–H groups in total. The van der Waals surface area contributed by atoms with Gasteiger partial charge in [-0.25, -0.2) is 9.37 Å². The normalized spacial score (nSPS) is 16.1. The molecule has 0 aliphatic carbocycles. The summed E-state index contributed by atoms with van der Waals surface area (Å²) in [5.74, 6) is 1.24. The van der Waals surface area contributed by atoms with Gasteiger partial charge in [-0.1, -0.05) is 0 Å². The van der Waals surface area contributed by atoms with Gasteiger partial charge in [0.1, 0.15) is 11.3 Å². The van der Waals surface area contributed by atoms with Crippen LogP contribution in [0, 0.1) is 11.7 Å². The average molecular weight is 364 g/mol. The Morgan fingerprint density at radius 1 is 1.30 bits per heavy atom. The van der Waals surface area contributed by atoms with E-state index in [1.165, 1.54) is 31.4 Å². The van der Waals surface area contributed by atoms with E-state index >= 15 is 0 Å². The van der Waals surface area contributed by atoms with Gasteiger partial charge in [0.15, 0.2) is 5.58 Å². The molecule has 0 atom stereocenters. The van der Waals surface area contributed by atoms with E-state index in [-0.39, 0.29) is 30.6 Å². The van der Waals surface area contributed by atoms with Crippen LogP contribution in [0.5, 0.6) is 0 Å². The van der Waals surface area contributed by atoms with Crippen molar-refractivity contribution in [2.75, 3.05) is 26.7 Å². The standard InChI is InChI=1S/C16H22FN3O.2ClH/c1-18-7-4-12-5-8-20(9-6-12)11-16-19-14-10-13(17)2-3-15(14)21-16;;/h2-3,10,12,18H,4-9,11H2,1H3;2*1H. The first kappa shape index (κ1) is 20.2.